The zero-order chi connectivity index (χ0) is 15.5. The first-order valence-corrected chi connectivity index (χ1v) is 8.30. The number of nitrogens with one attached hydrogen (secondary N) is 2. The smallest absolute Gasteiger partial charge is 0.263 e. The van der Waals surface area contributed by atoms with Crippen molar-refractivity contribution >= 4 is 57.2 Å². The van der Waals surface area contributed by atoms with E-state index in [-0.39, 0.29) is 30.8 Å². The van der Waals surface area contributed by atoms with Crippen LogP contribution in [0, 0.1) is 0 Å². The topological polar surface area (TPSA) is 61.4 Å². The van der Waals surface area contributed by atoms with Gasteiger partial charge in [0, 0.05) is 36.3 Å². The zero-order valence-corrected chi connectivity index (χ0v) is 14.7. The van der Waals surface area contributed by atoms with Crippen LogP contribution in [0.1, 0.15) is 9.67 Å². The Kier molecular flexibility index (Phi) is 6.24. The number of nitrogens with zero attached hydrogens (tertiary/aromatic N) is 1. The van der Waals surface area contributed by atoms with Gasteiger partial charge in [0.15, 0.2) is 0 Å². The van der Waals surface area contributed by atoms with Crippen LogP contribution in [0.2, 0.25) is 5.02 Å². The Bertz CT molecular complexity index is 714. The van der Waals surface area contributed by atoms with Crippen LogP contribution in [-0.2, 0) is 4.79 Å². The number of halogens is 2. The molecule has 0 spiro atoms. The van der Waals surface area contributed by atoms with E-state index in [1.54, 1.807) is 4.90 Å². The van der Waals surface area contributed by atoms with Crippen molar-refractivity contribution in [1.29, 1.82) is 0 Å². The van der Waals surface area contributed by atoms with E-state index in [9.17, 15) is 9.59 Å². The Morgan fingerprint density at radius 3 is 2.65 bits per heavy atom. The van der Waals surface area contributed by atoms with Crippen LogP contribution in [0.4, 0.5) is 0 Å². The summed E-state index contributed by atoms with van der Waals surface area (Å²) in [6, 6.07) is 7.60. The van der Waals surface area contributed by atoms with Crippen molar-refractivity contribution in [2.45, 2.75) is 0 Å². The predicted molar refractivity (Wildman–Crippen MR) is 95.9 cm³/mol. The van der Waals surface area contributed by atoms with Crippen LogP contribution >= 0.6 is 35.3 Å². The molecular formula is C15H17Cl2N3O2S. The maximum absolute atomic E-state index is 12.3. The summed E-state index contributed by atoms with van der Waals surface area (Å²) in [6.45, 7) is 2.95. The molecule has 1 aliphatic heterocycles. The summed E-state index contributed by atoms with van der Waals surface area (Å²) in [5.41, 5.74) is 0. The van der Waals surface area contributed by atoms with E-state index in [4.69, 9.17) is 11.6 Å². The third-order valence-electron chi connectivity index (χ3n) is 3.61. The van der Waals surface area contributed by atoms with E-state index >= 15 is 0 Å². The lowest BCUT2D eigenvalue weighted by molar-refractivity contribution is -0.130. The van der Waals surface area contributed by atoms with Crippen molar-refractivity contribution in [2.75, 3.05) is 32.7 Å². The maximum Gasteiger partial charge on any atom is 0.263 e. The number of carbonyl (C=O) groups is 2. The number of hydrogen-bond donors (Lipinski definition) is 2. The Morgan fingerprint density at radius 2 is 1.96 bits per heavy atom. The van der Waals surface area contributed by atoms with Gasteiger partial charge in [0.25, 0.3) is 5.91 Å². The van der Waals surface area contributed by atoms with Crippen molar-refractivity contribution in [3.05, 3.63) is 34.2 Å². The largest absolute Gasteiger partial charge is 0.342 e. The van der Waals surface area contributed by atoms with E-state index in [1.165, 1.54) is 11.3 Å². The molecular weight excluding hydrogens is 357 g/mol. The normalized spacial score (nSPS) is 14.4. The number of hydrogen-bond acceptors (Lipinski definition) is 4. The maximum atomic E-state index is 12.3. The lowest BCUT2D eigenvalue weighted by atomic mass is 10.2. The van der Waals surface area contributed by atoms with Crippen LogP contribution < -0.4 is 10.6 Å². The van der Waals surface area contributed by atoms with E-state index in [0.717, 1.165) is 23.2 Å². The standard InChI is InChI=1S/C15H16ClN3O2S.ClH/c16-13-10-3-1-2-4-11(10)22-14(13)15(21)18-9-12(20)19-7-5-17-6-8-19;/h1-4,17H,5-9H2,(H,18,21);1H. The van der Waals surface area contributed by atoms with Crippen molar-refractivity contribution in [2.24, 2.45) is 0 Å². The average molecular weight is 374 g/mol. The van der Waals surface area contributed by atoms with Crippen LogP contribution in [0.5, 0.6) is 0 Å². The molecule has 0 atom stereocenters. The molecule has 5 nitrogen and oxygen atoms in total. The van der Waals surface area contributed by atoms with Crippen LogP contribution in [-0.4, -0.2) is 49.4 Å². The Labute approximate surface area is 149 Å². The van der Waals surface area contributed by atoms with Gasteiger partial charge in [0.05, 0.1) is 11.6 Å². The van der Waals surface area contributed by atoms with Gasteiger partial charge in [-0.15, -0.1) is 23.7 Å². The number of fused-ring (bicyclic) bond motifs is 1. The fourth-order valence-electron chi connectivity index (χ4n) is 2.42. The van der Waals surface area contributed by atoms with Gasteiger partial charge in [0.2, 0.25) is 5.91 Å². The molecule has 0 saturated carbocycles. The SMILES string of the molecule is Cl.O=C(NCC(=O)N1CCNCC1)c1sc2ccccc2c1Cl. The Hall–Kier alpha value is -1.34. The quantitative estimate of drug-likeness (QED) is 0.866. The summed E-state index contributed by atoms with van der Waals surface area (Å²) in [4.78, 5) is 26.5. The molecule has 1 aliphatic rings. The number of thiophene rings is 1. The number of rotatable bonds is 3. The first-order chi connectivity index (χ1) is 10.7. The second-order valence-corrected chi connectivity index (χ2v) is 6.48. The summed E-state index contributed by atoms with van der Waals surface area (Å²) in [5, 5.41) is 7.18. The molecule has 8 heteroatoms. The molecule has 23 heavy (non-hydrogen) atoms. The molecule has 0 unspecified atom stereocenters. The fraction of sp³-hybridized carbons (Fsp3) is 0.333. The van der Waals surface area contributed by atoms with Crippen LogP contribution in [0.15, 0.2) is 24.3 Å². The van der Waals surface area contributed by atoms with Gasteiger partial charge in [-0.3, -0.25) is 9.59 Å². The first kappa shape index (κ1) is 18.0. The van der Waals surface area contributed by atoms with Gasteiger partial charge in [0.1, 0.15) is 4.88 Å². The van der Waals surface area contributed by atoms with Crippen molar-refractivity contribution in [1.82, 2.24) is 15.5 Å². The lowest BCUT2D eigenvalue weighted by Gasteiger charge is -2.27. The lowest BCUT2D eigenvalue weighted by Crippen LogP contribution is -2.49. The van der Waals surface area contributed by atoms with Gasteiger partial charge in [-0.05, 0) is 6.07 Å². The second kappa shape index (κ2) is 7.97. The summed E-state index contributed by atoms with van der Waals surface area (Å²) < 4.78 is 0.964. The molecule has 1 aromatic heterocycles. The highest BCUT2D eigenvalue weighted by Gasteiger charge is 2.20. The summed E-state index contributed by atoms with van der Waals surface area (Å²) in [7, 11) is 0. The van der Waals surface area contributed by atoms with Gasteiger partial charge >= 0.3 is 0 Å². The molecule has 2 N–H and O–H groups in total. The first-order valence-electron chi connectivity index (χ1n) is 7.10. The molecule has 0 radical (unpaired) electrons. The molecule has 3 rings (SSSR count). The Morgan fingerprint density at radius 1 is 1.26 bits per heavy atom. The Balaban J connectivity index is 0.00000192. The van der Waals surface area contributed by atoms with Gasteiger partial charge in [-0.1, -0.05) is 29.8 Å². The highest BCUT2D eigenvalue weighted by molar-refractivity contribution is 7.21. The van der Waals surface area contributed by atoms with E-state index in [1.807, 2.05) is 24.3 Å². The summed E-state index contributed by atoms with van der Waals surface area (Å²) >= 11 is 7.60. The number of carbonyl (C=O) groups excluding carboxylic acids is 2. The zero-order valence-electron chi connectivity index (χ0n) is 12.3. The third-order valence-corrected chi connectivity index (χ3v) is 5.29. The minimum atomic E-state index is -0.297. The predicted octanol–water partition coefficient (Wildman–Crippen LogP) is 2.14. The molecule has 2 amide bonds. The van der Waals surface area contributed by atoms with E-state index < -0.39 is 0 Å². The van der Waals surface area contributed by atoms with Crippen molar-refractivity contribution < 1.29 is 9.59 Å². The molecule has 0 aliphatic carbocycles. The van der Waals surface area contributed by atoms with Crippen LogP contribution in [0.3, 0.4) is 0 Å². The van der Waals surface area contributed by atoms with Gasteiger partial charge in [-0.25, -0.2) is 0 Å². The molecule has 2 aromatic rings. The monoisotopic (exact) mass is 373 g/mol. The van der Waals surface area contributed by atoms with Crippen LogP contribution in [0.25, 0.3) is 10.1 Å². The van der Waals surface area contributed by atoms with E-state index in [2.05, 4.69) is 10.6 Å². The molecule has 2 heterocycles. The highest BCUT2D eigenvalue weighted by Crippen LogP contribution is 2.34. The molecule has 124 valence electrons. The number of benzene rings is 1. The minimum Gasteiger partial charge on any atom is -0.342 e. The molecule has 1 saturated heterocycles. The molecule has 1 aromatic carbocycles. The summed E-state index contributed by atoms with van der Waals surface area (Å²) in [5.74, 6) is -0.359. The fourth-order valence-corrected chi connectivity index (χ4v) is 3.86. The highest BCUT2D eigenvalue weighted by atomic mass is 35.5. The molecule has 1 fully saturated rings. The average Bonchev–Trinajstić information content (AvgIpc) is 2.90. The van der Waals surface area contributed by atoms with Crippen molar-refractivity contribution in [3.63, 3.8) is 0 Å². The summed E-state index contributed by atoms with van der Waals surface area (Å²) in [6.07, 6.45) is 0. The third kappa shape index (κ3) is 3.95. The second-order valence-electron chi connectivity index (χ2n) is 5.05. The number of piperazine rings is 1. The molecule has 0 bridgehead atoms. The van der Waals surface area contributed by atoms with E-state index in [0.29, 0.717) is 23.0 Å². The minimum absolute atomic E-state index is 0. The van der Waals surface area contributed by atoms with Gasteiger partial charge < -0.3 is 15.5 Å². The number of amides is 2. The van der Waals surface area contributed by atoms with Gasteiger partial charge in [-0.2, -0.15) is 0 Å². The van der Waals surface area contributed by atoms with Crippen molar-refractivity contribution in [3.8, 4) is 0 Å².